The van der Waals surface area contributed by atoms with Gasteiger partial charge in [0, 0.05) is 13.7 Å². The molecule has 5 N–H and O–H groups in total. The summed E-state index contributed by atoms with van der Waals surface area (Å²) < 4.78 is 4.90. The molecule has 0 radical (unpaired) electrons. The highest BCUT2D eigenvalue weighted by Crippen LogP contribution is 2.03. The lowest BCUT2D eigenvalue weighted by Gasteiger charge is -2.05. The Balaban J connectivity index is 2.21. The van der Waals surface area contributed by atoms with E-state index < -0.39 is 0 Å². The summed E-state index contributed by atoms with van der Waals surface area (Å²) in [7, 11) is 1.66. The maximum atomic E-state index is 5.38. The molecule has 1 aromatic heterocycles. The number of nitrogens with zero attached hydrogens (tertiary/aromatic N) is 3. The minimum Gasteiger partial charge on any atom is -0.385 e. The molecule has 8 nitrogen and oxygen atoms in total. The molecule has 0 bridgehead atoms. The number of methoxy groups -OCH3 is 1. The van der Waals surface area contributed by atoms with Crippen molar-refractivity contribution in [3.05, 3.63) is 0 Å². The van der Waals surface area contributed by atoms with Crippen LogP contribution in [0, 0.1) is 0 Å². The van der Waals surface area contributed by atoms with Crippen molar-refractivity contribution in [2.75, 3.05) is 37.3 Å². The van der Waals surface area contributed by atoms with E-state index in [1.165, 1.54) is 0 Å². The summed E-state index contributed by atoms with van der Waals surface area (Å²) in [6.45, 7) is 1.24. The number of nitrogen functional groups attached to an aromatic ring is 2. The molecule has 1 rings (SSSR count). The van der Waals surface area contributed by atoms with Gasteiger partial charge in [0.05, 0.1) is 6.61 Å². The van der Waals surface area contributed by atoms with Gasteiger partial charge in [0.1, 0.15) is 0 Å². The normalized spacial score (nSPS) is 10.3. The topological polar surface area (TPSA) is 121 Å². The van der Waals surface area contributed by atoms with Crippen LogP contribution in [0.1, 0.15) is 12.8 Å². The average molecular weight is 228 g/mol. The maximum absolute atomic E-state index is 5.38. The zero-order chi connectivity index (χ0) is 11.8. The van der Waals surface area contributed by atoms with Gasteiger partial charge in [0.2, 0.25) is 11.9 Å². The standard InChI is InChI=1S/C8H16N6O2/c1-15-4-2-3-5-16-14-8-12-6(9)11-7(10)13-8/h2-5H2,1H3,(H5,9,10,11,12,13,14). The molecule has 0 saturated carbocycles. The van der Waals surface area contributed by atoms with Crippen LogP contribution in [0.3, 0.4) is 0 Å². The van der Waals surface area contributed by atoms with Gasteiger partial charge in [-0.25, -0.2) is 5.48 Å². The Kier molecular flexibility index (Phi) is 5.23. The van der Waals surface area contributed by atoms with Gasteiger partial charge in [-0.3, -0.25) is 4.84 Å². The van der Waals surface area contributed by atoms with E-state index in [9.17, 15) is 0 Å². The van der Waals surface area contributed by atoms with Crippen LogP contribution in [-0.4, -0.2) is 35.3 Å². The van der Waals surface area contributed by atoms with E-state index in [0.29, 0.717) is 6.61 Å². The predicted octanol–water partition coefficient (Wildman–Crippen LogP) is -0.194. The summed E-state index contributed by atoms with van der Waals surface area (Å²) in [5, 5.41) is 0. The highest BCUT2D eigenvalue weighted by atomic mass is 16.6. The molecule has 8 heteroatoms. The van der Waals surface area contributed by atoms with E-state index >= 15 is 0 Å². The second-order valence-corrected chi connectivity index (χ2v) is 3.03. The fourth-order valence-corrected chi connectivity index (χ4v) is 0.991. The van der Waals surface area contributed by atoms with Gasteiger partial charge in [-0.05, 0) is 12.8 Å². The number of nitrogens with two attached hydrogens (primary N) is 2. The first kappa shape index (κ1) is 12.4. The Morgan fingerprint density at radius 1 is 1.06 bits per heavy atom. The Morgan fingerprint density at radius 3 is 2.31 bits per heavy atom. The zero-order valence-corrected chi connectivity index (χ0v) is 9.14. The van der Waals surface area contributed by atoms with Gasteiger partial charge >= 0.3 is 0 Å². The number of rotatable bonds is 7. The van der Waals surface area contributed by atoms with E-state index in [-0.39, 0.29) is 17.8 Å². The van der Waals surface area contributed by atoms with Crippen molar-refractivity contribution in [1.29, 1.82) is 0 Å². The first-order valence-electron chi connectivity index (χ1n) is 4.86. The van der Waals surface area contributed by atoms with Crippen molar-refractivity contribution < 1.29 is 9.57 Å². The van der Waals surface area contributed by atoms with Gasteiger partial charge in [-0.1, -0.05) is 0 Å². The van der Waals surface area contributed by atoms with Crippen LogP contribution in [0.4, 0.5) is 17.8 Å². The SMILES string of the molecule is COCCCCONc1nc(N)nc(N)n1. The van der Waals surface area contributed by atoms with Crippen LogP contribution < -0.4 is 16.9 Å². The Hall–Kier alpha value is -1.67. The monoisotopic (exact) mass is 228 g/mol. The lowest BCUT2D eigenvalue weighted by molar-refractivity contribution is 0.156. The zero-order valence-electron chi connectivity index (χ0n) is 9.14. The molecule has 0 aliphatic carbocycles. The van der Waals surface area contributed by atoms with Crippen LogP contribution in [-0.2, 0) is 9.57 Å². The van der Waals surface area contributed by atoms with Crippen molar-refractivity contribution in [2.24, 2.45) is 0 Å². The van der Waals surface area contributed by atoms with Crippen molar-refractivity contribution in [2.45, 2.75) is 12.8 Å². The van der Waals surface area contributed by atoms with Crippen LogP contribution >= 0.6 is 0 Å². The summed E-state index contributed by atoms with van der Waals surface area (Å²) in [5.74, 6) is 0.313. The fourth-order valence-electron chi connectivity index (χ4n) is 0.991. The van der Waals surface area contributed by atoms with Crippen molar-refractivity contribution in [3.8, 4) is 0 Å². The lowest BCUT2D eigenvalue weighted by Crippen LogP contribution is -2.10. The number of unbranched alkanes of at least 4 members (excludes halogenated alkanes) is 1. The molecular formula is C8H16N6O2. The first-order valence-corrected chi connectivity index (χ1v) is 4.86. The van der Waals surface area contributed by atoms with Gasteiger partial charge in [-0.15, -0.1) is 0 Å². The number of hydrogen-bond donors (Lipinski definition) is 3. The molecule has 0 fully saturated rings. The average Bonchev–Trinajstić information content (AvgIpc) is 2.22. The van der Waals surface area contributed by atoms with Gasteiger partial charge < -0.3 is 16.2 Å². The smallest absolute Gasteiger partial charge is 0.253 e. The second-order valence-electron chi connectivity index (χ2n) is 3.03. The van der Waals surface area contributed by atoms with E-state index in [4.69, 9.17) is 21.0 Å². The molecule has 16 heavy (non-hydrogen) atoms. The van der Waals surface area contributed by atoms with E-state index in [1.54, 1.807) is 7.11 Å². The van der Waals surface area contributed by atoms with Crippen molar-refractivity contribution in [3.63, 3.8) is 0 Å². The molecule has 0 aromatic carbocycles. The number of aromatic nitrogens is 3. The Labute approximate surface area is 93.3 Å². The highest BCUT2D eigenvalue weighted by Gasteiger charge is 2.00. The summed E-state index contributed by atoms with van der Waals surface area (Å²) in [6.07, 6.45) is 1.80. The van der Waals surface area contributed by atoms with Crippen LogP contribution in [0.2, 0.25) is 0 Å². The molecule has 1 heterocycles. The Bertz CT molecular complexity index is 301. The van der Waals surface area contributed by atoms with Crippen molar-refractivity contribution >= 4 is 17.8 Å². The second kappa shape index (κ2) is 6.75. The largest absolute Gasteiger partial charge is 0.385 e. The summed E-state index contributed by atoms with van der Waals surface area (Å²) in [6, 6.07) is 0. The number of anilines is 3. The lowest BCUT2D eigenvalue weighted by atomic mass is 10.3. The molecule has 0 unspecified atom stereocenters. The molecule has 0 aliphatic heterocycles. The van der Waals surface area contributed by atoms with Gasteiger partial charge in [-0.2, -0.15) is 15.0 Å². The van der Waals surface area contributed by atoms with Crippen molar-refractivity contribution in [1.82, 2.24) is 15.0 Å². The van der Waals surface area contributed by atoms with Gasteiger partial charge in [0.15, 0.2) is 0 Å². The molecule has 0 aliphatic rings. The first-order chi connectivity index (χ1) is 7.72. The minimum absolute atomic E-state index is 0.0537. The molecule has 1 aromatic rings. The summed E-state index contributed by atoms with van der Waals surface area (Å²) in [4.78, 5) is 16.3. The quantitative estimate of drug-likeness (QED) is 0.433. The van der Waals surface area contributed by atoms with E-state index in [1.807, 2.05) is 0 Å². The summed E-state index contributed by atoms with van der Waals surface area (Å²) in [5.41, 5.74) is 13.3. The number of ether oxygens (including phenoxy) is 1. The van der Waals surface area contributed by atoms with Crippen LogP contribution in [0.15, 0.2) is 0 Å². The van der Waals surface area contributed by atoms with Crippen LogP contribution in [0.25, 0.3) is 0 Å². The van der Waals surface area contributed by atoms with Crippen LogP contribution in [0.5, 0.6) is 0 Å². The summed E-state index contributed by atoms with van der Waals surface area (Å²) >= 11 is 0. The molecule has 0 atom stereocenters. The minimum atomic E-state index is 0.0537. The maximum Gasteiger partial charge on any atom is 0.253 e. The Morgan fingerprint density at radius 2 is 1.69 bits per heavy atom. The highest BCUT2D eigenvalue weighted by molar-refractivity contribution is 5.35. The third-order valence-corrected chi connectivity index (χ3v) is 1.68. The third kappa shape index (κ3) is 4.71. The molecule has 0 spiro atoms. The predicted molar refractivity (Wildman–Crippen MR) is 59.3 cm³/mol. The van der Waals surface area contributed by atoms with E-state index in [0.717, 1.165) is 19.4 Å². The fraction of sp³-hybridized carbons (Fsp3) is 0.625. The number of nitrogens with one attached hydrogen (secondary N) is 1. The third-order valence-electron chi connectivity index (χ3n) is 1.68. The van der Waals surface area contributed by atoms with E-state index in [2.05, 4.69) is 20.4 Å². The van der Waals surface area contributed by atoms with Gasteiger partial charge in [0.25, 0.3) is 5.95 Å². The molecule has 90 valence electrons. The molecular weight excluding hydrogens is 212 g/mol. The molecule has 0 amide bonds. The number of hydrogen-bond acceptors (Lipinski definition) is 8. The molecule has 0 saturated heterocycles.